The molecule has 4 N–H and O–H groups in total. The molecule has 1 unspecified atom stereocenters. The summed E-state index contributed by atoms with van der Waals surface area (Å²) in [5, 5.41) is 13.2. The quantitative estimate of drug-likeness (QED) is 0.470. The lowest BCUT2D eigenvalue weighted by atomic mass is 9.94. The summed E-state index contributed by atoms with van der Waals surface area (Å²) in [6.45, 7) is 8.37. The molecule has 5 atom stereocenters. The van der Waals surface area contributed by atoms with Crippen molar-refractivity contribution in [1.29, 1.82) is 0 Å². The first-order valence-electron chi connectivity index (χ1n) is 13.3. The van der Waals surface area contributed by atoms with E-state index in [-0.39, 0.29) is 36.3 Å². The van der Waals surface area contributed by atoms with Gasteiger partial charge in [-0.3, -0.25) is 9.59 Å². The Hall–Kier alpha value is -3.24. The van der Waals surface area contributed by atoms with Gasteiger partial charge in [0.25, 0.3) is 5.91 Å². The zero-order valence-electron chi connectivity index (χ0n) is 22.6. The molecule has 38 heavy (non-hydrogen) atoms. The van der Waals surface area contributed by atoms with Gasteiger partial charge in [-0.15, -0.1) is 0 Å². The topological polar surface area (TPSA) is 148 Å². The van der Waals surface area contributed by atoms with Crippen molar-refractivity contribution >= 4 is 17.8 Å². The zero-order valence-corrected chi connectivity index (χ0v) is 22.6. The fourth-order valence-corrected chi connectivity index (χ4v) is 4.82. The van der Waals surface area contributed by atoms with Crippen LogP contribution in [-0.4, -0.2) is 70.2 Å². The number of hydrogen-bond donors (Lipinski definition) is 3. The van der Waals surface area contributed by atoms with Gasteiger partial charge in [0, 0.05) is 31.5 Å². The second-order valence-electron chi connectivity index (χ2n) is 10.5. The predicted molar refractivity (Wildman–Crippen MR) is 142 cm³/mol. The SMILES string of the molecule is CC1=C[C@@H](O)C[C@H](N)Cc2nc(co2)C(=O)N2CCC[C@@H]2C(=O)OC(C(C)C)[C@H](C)/C=C/C(=O)NCC=C1. The highest BCUT2D eigenvalue weighted by atomic mass is 16.5. The molecule has 0 saturated carbocycles. The molecule has 0 aliphatic carbocycles. The summed E-state index contributed by atoms with van der Waals surface area (Å²) in [7, 11) is 0. The van der Waals surface area contributed by atoms with Crippen LogP contribution < -0.4 is 11.1 Å². The number of amides is 2. The van der Waals surface area contributed by atoms with Gasteiger partial charge in [-0.05, 0) is 38.2 Å². The van der Waals surface area contributed by atoms with Crippen LogP contribution in [0, 0.1) is 11.8 Å². The Morgan fingerprint density at radius 3 is 2.74 bits per heavy atom. The third-order valence-electron chi connectivity index (χ3n) is 6.75. The van der Waals surface area contributed by atoms with Crippen LogP contribution in [-0.2, 0) is 20.7 Å². The smallest absolute Gasteiger partial charge is 0.329 e. The van der Waals surface area contributed by atoms with Crippen LogP contribution in [0.25, 0.3) is 0 Å². The van der Waals surface area contributed by atoms with E-state index in [0.29, 0.717) is 31.8 Å². The first kappa shape index (κ1) is 29.3. The van der Waals surface area contributed by atoms with E-state index in [1.54, 1.807) is 18.2 Å². The summed E-state index contributed by atoms with van der Waals surface area (Å²) >= 11 is 0. The number of allylic oxidation sites excluding steroid dienone is 2. The largest absolute Gasteiger partial charge is 0.460 e. The Morgan fingerprint density at radius 1 is 1.24 bits per heavy atom. The Morgan fingerprint density at radius 2 is 2.00 bits per heavy atom. The first-order chi connectivity index (χ1) is 18.0. The van der Waals surface area contributed by atoms with Crippen molar-refractivity contribution in [3.63, 3.8) is 0 Å². The van der Waals surface area contributed by atoms with Crippen molar-refractivity contribution < 1.29 is 28.6 Å². The zero-order chi connectivity index (χ0) is 27.8. The van der Waals surface area contributed by atoms with E-state index in [1.807, 2.05) is 33.8 Å². The number of esters is 1. The van der Waals surface area contributed by atoms with Crippen LogP contribution in [0.1, 0.15) is 63.3 Å². The van der Waals surface area contributed by atoms with Crippen molar-refractivity contribution in [2.75, 3.05) is 13.1 Å². The highest BCUT2D eigenvalue weighted by Crippen LogP contribution is 2.25. The van der Waals surface area contributed by atoms with E-state index in [2.05, 4.69) is 10.3 Å². The standard InChI is InChI=1S/C28H40N4O6/c1-17(2)26-19(4)9-10-24(34)30-11-5-7-18(3)13-21(33)14-20(29)15-25-31-22(16-37-25)27(35)32-12-6-8-23(32)28(36)38-26/h5,7,9-10,13,16-17,19-21,23,26,33H,6,8,11-12,14-15,29H2,1-4H3,(H,30,34)/b7-5?,10-9+,18-13?/t19-,20+,21-,23-,26?/m1/s1. The molecule has 0 radical (unpaired) electrons. The van der Waals surface area contributed by atoms with Gasteiger partial charge in [-0.25, -0.2) is 9.78 Å². The van der Waals surface area contributed by atoms with Gasteiger partial charge in [0.15, 0.2) is 11.6 Å². The number of ether oxygens (including phenoxy) is 1. The number of aliphatic hydroxyl groups is 1. The van der Waals surface area contributed by atoms with E-state index in [1.165, 1.54) is 17.2 Å². The minimum Gasteiger partial charge on any atom is -0.460 e. The third kappa shape index (κ3) is 8.13. The Balaban J connectivity index is 1.85. The highest BCUT2D eigenvalue weighted by Gasteiger charge is 2.38. The molecule has 1 aromatic heterocycles. The van der Waals surface area contributed by atoms with Crippen LogP contribution in [0.2, 0.25) is 0 Å². The number of aliphatic hydroxyl groups excluding tert-OH is 1. The second kappa shape index (κ2) is 13.5. The predicted octanol–water partition coefficient (Wildman–Crippen LogP) is 2.29. The maximum Gasteiger partial charge on any atom is 0.329 e. The average Bonchev–Trinajstić information content (AvgIpc) is 3.52. The summed E-state index contributed by atoms with van der Waals surface area (Å²) in [5.74, 6) is -1.06. The van der Waals surface area contributed by atoms with Crippen LogP contribution in [0.4, 0.5) is 0 Å². The van der Waals surface area contributed by atoms with E-state index in [4.69, 9.17) is 14.9 Å². The van der Waals surface area contributed by atoms with Gasteiger partial charge >= 0.3 is 5.97 Å². The highest BCUT2D eigenvalue weighted by molar-refractivity contribution is 5.95. The van der Waals surface area contributed by atoms with E-state index < -0.39 is 36.2 Å². The Kier molecular flexibility index (Phi) is 10.4. The van der Waals surface area contributed by atoms with Gasteiger partial charge < -0.3 is 30.2 Å². The van der Waals surface area contributed by atoms with Gasteiger partial charge in [-0.1, -0.05) is 50.6 Å². The van der Waals surface area contributed by atoms with Crippen LogP contribution >= 0.6 is 0 Å². The normalized spacial score (nSPS) is 29.4. The minimum absolute atomic E-state index is 0.00273. The second-order valence-corrected chi connectivity index (χ2v) is 10.5. The molecule has 2 amide bonds. The molecule has 0 aromatic carbocycles. The molecule has 2 aliphatic heterocycles. The number of hydrogen-bond acceptors (Lipinski definition) is 8. The lowest BCUT2D eigenvalue weighted by molar-refractivity contribution is -0.158. The van der Waals surface area contributed by atoms with Crippen molar-refractivity contribution in [2.45, 2.75) is 77.7 Å². The van der Waals surface area contributed by atoms with Crippen LogP contribution in [0.15, 0.2) is 46.6 Å². The van der Waals surface area contributed by atoms with Crippen molar-refractivity contribution in [1.82, 2.24) is 15.2 Å². The lowest BCUT2D eigenvalue weighted by Gasteiger charge is -2.29. The lowest BCUT2D eigenvalue weighted by Crippen LogP contribution is -2.44. The summed E-state index contributed by atoms with van der Waals surface area (Å²) in [5.41, 5.74) is 7.12. The maximum atomic E-state index is 13.2. The van der Waals surface area contributed by atoms with E-state index in [9.17, 15) is 19.5 Å². The molecule has 10 heteroatoms. The number of fused-ring (bicyclic) bond motifs is 3. The van der Waals surface area contributed by atoms with Crippen molar-refractivity contribution in [3.8, 4) is 0 Å². The molecule has 0 spiro atoms. The average molecular weight is 529 g/mol. The summed E-state index contributed by atoms with van der Waals surface area (Å²) < 4.78 is 11.4. The van der Waals surface area contributed by atoms with E-state index >= 15 is 0 Å². The molecule has 1 aromatic rings. The fraction of sp³-hybridized carbons (Fsp3) is 0.571. The molecule has 2 aliphatic rings. The number of nitrogens with zero attached hydrogens (tertiary/aromatic N) is 2. The number of rotatable bonds is 1. The Labute approximate surface area is 224 Å². The fourth-order valence-electron chi connectivity index (χ4n) is 4.82. The van der Waals surface area contributed by atoms with Crippen molar-refractivity contribution in [3.05, 3.63) is 53.8 Å². The number of carbonyl (C=O) groups excluding carboxylic acids is 3. The van der Waals surface area contributed by atoms with Crippen LogP contribution in [0.3, 0.4) is 0 Å². The number of carbonyl (C=O) groups is 3. The van der Waals surface area contributed by atoms with Gasteiger partial charge in [0.2, 0.25) is 5.91 Å². The molecular formula is C28H40N4O6. The summed E-state index contributed by atoms with van der Waals surface area (Å²) in [6, 6.07) is -1.17. The molecule has 3 heterocycles. The number of oxazole rings is 1. The van der Waals surface area contributed by atoms with Gasteiger partial charge in [0.1, 0.15) is 18.4 Å². The molecule has 3 rings (SSSR count). The minimum atomic E-state index is -0.781. The molecule has 2 bridgehead atoms. The number of nitrogens with two attached hydrogens (primary N) is 1. The summed E-state index contributed by atoms with van der Waals surface area (Å²) in [6.07, 6.45) is 10.2. The molecule has 1 fully saturated rings. The molecule has 1 saturated heterocycles. The monoisotopic (exact) mass is 528 g/mol. The third-order valence-corrected chi connectivity index (χ3v) is 6.75. The Bertz CT molecular complexity index is 1080. The molecular weight excluding hydrogens is 488 g/mol. The van der Waals surface area contributed by atoms with Crippen LogP contribution in [0.5, 0.6) is 0 Å². The number of cyclic esters (lactones) is 1. The molecule has 208 valence electrons. The van der Waals surface area contributed by atoms with Gasteiger partial charge in [0.05, 0.1) is 6.10 Å². The van der Waals surface area contributed by atoms with Crippen molar-refractivity contribution in [2.24, 2.45) is 17.6 Å². The first-order valence-corrected chi connectivity index (χ1v) is 13.3. The molecule has 10 nitrogen and oxygen atoms in total. The van der Waals surface area contributed by atoms with Gasteiger partial charge in [-0.2, -0.15) is 0 Å². The maximum absolute atomic E-state index is 13.2. The summed E-state index contributed by atoms with van der Waals surface area (Å²) in [4.78, 5) is 44.5. The number of nitrogens with one attached hydrogen (secondary N) is 1. The van der Waals surface area contributed by atoms with E-state index in [0.717, 1.165) is 5.57 Å². The number of aromatic nitrogens is 1.